The number of hydrogen-bond donors (Lipinski definition) is 1. The third-order valence-corrected chi connectivity index (χ3v) is 3.47. The van der Waals surface area contributed by atoms with E-state index in [9.17, 15) is 9.18 Å². The summed E-state index contributed by atoms with van der Waals surface area (Å²) in [6.45, 7) is 0. The maximum atomic E-state index is 12.8. The van der Waals surface area contributed by atoms with Gasteiger partial charge in [0.05, 0.1) is 10.7 Å². The Morgan fingerprint density at radius 1 is 1.33 bits per heavy atom. The topological polar surface area (TPSA) is 42.0 Å². The van der Waals surface area contributed by atoms with E-state index in [1.165, 1.54) is 6.07 Å². The van der Waals surface area contributed by atoms with Crippen LogP contribution in [0.1, 0.15) is 10.4 Å². The van der Waals surface area contributed by atoms with Gasteiger partial charge in [-0.1, -0.05) is 0 Å². The Hall–Kier alpha value is -1.02. The number of hydrogen-bond acceptors (Lipinski definition) is 2. The van der Waals surface area contributed by atoms with Gasteiger partial charge in [0, 0.05) is 9.13 Å². The number of carbonyl (C=O) groups is 1. The maximum absolute atomic E-state index is 12.8. The largest absolute Gasteiger partial charge is 0.306 e. The lowest BCUT2D eigenvalue weighted by atomic mass is 10.2. The molecule has 0 saturated carbocycles. The fourth-order valence-electron chi connectivity index (χ4n) is 1.29. The molecule has 0 aliphatic carbocycles. The third kappa shape index (κ3) is 3.26. The van der Waals surface area contributed by atoms with E-state index in [0.717, 1.165) is 9.77 Å². The zero-order valence-electron chi connectivity index (χ0n) is 8.95. The first-order valence-electron chi connectivity index (χ1n) is 4.94. The molecule has 1 aromatic carbocycles. The lowest BCUT2D eigenvalue weighted by molar-refractivity contribution is 0.102. The number of carbonyl (C=O) groups excluding carboxylic acids is 1. The van der Waals surface area contributed by atoms with Crippen molar-refractivity contribution in [3.63, 3.8) is 0 Å². The lowest BCUT2D eigenvalue weighted by Crippen LogP contribution is -2.13. The molecule has 2 rings (SSSR count). The van der Waals surface area contributed by atoms with Crippen LogP contribution in [0, 0.1) is 9.39 Å². The SMILES string of the molecule is O=C(Nc1ncc(F)cc1Br)c1ccc(I)cc1. The second-order valence-corrected chi connectivity index (χ2v) is 5.54. The van der Waals surface area contributed by atoms with E-state index in [2.05, 4.69) is 48.8 Å². The van der Waals surface area contributed by atoms with Crippen LogP contribution >= 0.6 is 38.5 Å². The first-order valence-corrected chi connectivity index (χ1v) is 6.81. The quantitative estimate of drug-likeness (QED) is 0.750. The second-order valence-electron chi connectivity index (χ2n) is 3.44. The zero-order valence-corrected chi connectivity index (χ0v) is 12.7. The van der Waals surface area contributed by atoms with Crippen molar-refractivity contribution in [2.24, 2.45) is 0 Å². The van der Waals surface area contributed by atoms with Crippen LogP contribution in [-0.2, 0) is 0 Å². The summed E-state index contributed by atoms with van der Waals surface area (Å²) in [5, 5.41) is 2.61. The third-order valence-electron chi connectivity index (χ3n) is 2.15. The minimum absolute atomic E-state index is 0.286. The van der Waals surface area contributed by atoms with Crippen molar-refractivity contribution in [3.8, 4) is 0 Å². The zero-order chi connectivity index (χ0) is 13.1. The van der Waals surface area contributed by atoms with E-state index in [1.54, 1.807) is 12.1 Å². The fourth-order valence-corrected chi connectivity index (χ4v) is 2.07. The van der Waals surface area contributed by atoms with Gasteiger partial charge in [-0.2, -0.15) is 0 Å². The molecule has 0 atom stereocenters. The summed E-state index contributed by atoms with van der Waals surface area (Å²) in [5.74, 6) is -0.458. The van der Waals surface area contributed by atoms with Gasteiger partial charge in [-0.05, 0) is 68.9 Å². The van der Waals surface area contributed by atoms with Gasteiger partial charge < -0.3 is 5.32 Å². The highest BCUT2D eigenvalue weighted by atomic mass is 127. The molecule has 1 aromatic heterocycles. The van der Waals surface area contributed by atoms with Crippen LogP contribution in [-0.4, -0.2) is 10.9 Å². The minimum Gasteiger partial charge on any atom is -0.306 e. The van der Waals surface area contributed by atoms with Crippen LogP contribution < -0.4 is 5.32 Å². The van der Waals surface area contributed by atoms with Crippen molar-refractivity contribution in [2.75, 3.05) is 5.32 Å². The number of benzene rings is 1. The van der Waals surface area contributed by atoms with Crippen molar-refractivity contribution < 1.29 is 9.18 Å². The monoisotopic (exact) mass is 420 g/mol. The predicted octanol–water partition coefficient (Wildman–Crippen LogP) is 3.84. The summed E-state index contributed by atoms with van der Waals surface area (Å²) < 4.78 is 14.3. The van der Waals surface area contributed by atoms with Gasteiger partial charge in [0.15, 0.2) is 0 Å². The molecule has 6 heteroatoms. The van der Waals surface area contributed by atoms with E-state index in [-0.39, 0.29) is 5.91 Å². The van der Waals surface area contributed by atoms with Crippen LogP contribution in [0.2, 0.25) is 0 Å². The molecule has 3 nitrogen and oxygen atoms in total. The number of pyridine rings is 1. The highest BCUT2D eigenvalue weighted by molar-refractivity contribution is 14.1. The predicted molar refractivity (Wildman–Crippen MR) is 79.0 cm³/mol. The number of nitrogens with zero attached hydrogens (tertiary/aromatic N) is 1. The van der Waals surface area contributed by atoms with Gasteiger partial charge in [-0.25, -0.2) is 9.37 Å². The number of nitrogens with one attached hydrogen (secondary N) is 1. The van der Waals surface area contributed by atoms with E-state index in [0.29, 0.717) is 15.9 Å². The van der Waals surface area contributed by atoms with Crippen molar-refractivity contribution in [2.45, 2.75) is 0 Å². The standard InChI is InChI=1S/C12H7BrFIN2O/c13-10-5-8(14)6-16-11(10)17-12(18)7-1-3-9(15)4-2-7/h1-6H,(H,16,17,18). The average molecular weight is 421 g/mol. The Morgan fingerprint density at radius 3 is 2.61 bits per heavy atom. The van der Waals surface area contributed by atoms with Crippen LogP contribution in [0.4, 0.5) is 10.2 Å². The van der Waals surface area contributed by atoms with E-state index < -0.39 is 5.82 Å². The van der Waals surface area contributed by atoms with Crippen molar-refractivity contribution in [1.82, 2.24) is 4.98 Å². The fraction of sp³-hybridized carbons (Fsp3) is 0. The van der Waals surface area contributed by atoms with Crippen LogP contribution in [0.25, 0.3) is 0 Å². The molecule has 1 heterocycles. The maximum Gasteiger partial charge on any atom is 0.256 e. The summed E-state index contributed by atoms with van der Waals surface area (Å²) in [4.78, 5) is 15.7. The van der Waals surface area contributed by atoms with Crippen LogP contribution in [0.3, 0.4) is 0 Å². The number of anilines is 1. The molecule has 1 amide bonds. The first-order chi connectivity index (χ1) is 8.56. The van der Waals surface area contributed by atoms with Gasteiger partial charge in [0.1, 0.15) is 11.6 Å². The molecule has 92 valence electrons. The Bertz CT molecular complexity index is 589. The molecule has 2 aromatic rings. The van der Waals surface area contributed by atoms with E-state index in [4.69, 9.17) is 0 Å². The van der Waals surface area contributed by atoms with Crippen molar-refractivity contribution in [3.05, 3.63) is 56.0 Å². The summed E-state index contributed by atoms with van der Waals surface area (Å²) >= 11 is 5.30. The van der Waals surface area contributed by atoms with Crippen LogP contribution in [0.15, 0.2) is 41.0 Å². The number of halogens is 3. The normalized spacial score (nSPS) is 10.2. The number of amides is 1. The molecular formula is C12H7BrFIN2O. The van der Waals surface area contributed by atoms with E-state index in [1.807, 2.05) is 12.1 Å². The molecular weight excluding hydrogens is 414 g/mol. The van der Waals surface area contributed by atoms with Gasteiger partial charge in [-0.3, -0.25) is 4.79 Å². The smallest absolute Gasteiger partial charge is 0.256 e. The number of rotatable bonds is 2. The molecule has 0 radical (unpaired) electrons. The van der Waals surface area contributed by atoms with Gasteiger partial charge in [0.25, 0.3) is 5.91 Å². The Balaban J connectivity index is 2.18. The van der Waals surface area contributed by atoms with Crippen molar-refractivity contribution >= 4 is 50.2 Å². The second kappa shape index (κ2) is 5.75. The van der Waals surface area contributed by atoms with Crippen molar-refractivity contribution in [1.29, 1.82) is 0 Å². The Morgan fingerprint density at radius 2 is 2.00 bits per heavy atom. The molecule has 0 aliphatic heterocycles. The molecule has 0 fully saturated rings. The van der Waals surface area contributed by atoms with Gasteiger partial charge in [0.2, 0.25) is 0 Å². The molecule has 0 bridgehead atoms. The summed E-state index contributed by atoms with van der Waals surface area (Å²) in [6.07, 6.45) is 1.05. The van der Waals surface area contributed by atoms with Gasteiger partial charge >= 0.3 is 0 Å². The minimum atomic E-state index is -0.464. The summed E-state index contributed by atoms with van der Waals surface area (Å²) in [6, 6.07) is 8.35. The molecule has 0 saturated heterocycles. The van der Waals surface area contributed by atoms with Gasteiger partial charge in [-0.15, -0.1) is 0 Å². The van der Waals surface area contributed by atoms with Crippen LogP contribution in [0.5, 0.6) is 0 Å². The Kier molecular flexibility index (Phi) is 4.28. The molecule has 1 N–H and O–H groups in total. The summed E-state index contributed by atoms with van der Waals surface area (Å²) in [5.41, 5.74) is 0.522. The molecule has 18 heavy (non-hydrogen) atoms. The number of aromatic nitrogens is 1. The highest BCUT2D eigenvalue weighted by Gasteiger charge is 2.09. The molecule has 0 spiro atoms. The average Bonchev–Trinajstić information content (AvgIpc) is 2.33. The Labute approximate surface area is 125 Å². The molecule has 0 aliphatic rings. The highest BCUT2D eigenvalue weighted by Crippen LogP contribution is 2.20. The summed E-state index contributed by atoms with van der Waals surface area (Å²) in [7, 11) is 0. The first kappa shape index (κ1) is 13.4. The lowest BCUT2D eigenvalue weighted by Gasteiger charge is -2.06. The molecule has 0 unspecified atom stereocenters. The van der Waals surface area contributed by atoms with E-state index >= 15 is 0 Å².